The van der Waals surface area contributed by atoms with Crippen molar-refractivity contribution in [1.82, 2.24) is 19.5 Å². The minimum atomic E-state index is -0.594. The summed E-state index contributed by atoms with van der Waals surface area (Å²) < 4.78 is 22.3. The Morgan fingerprint density at radius 3 is 2.88 bits per heavy atom. The van der Waals surface area contributed by atoms with E-state index in [1.54, 1.807) is 24.4 Å². The maximum Gasteiger partial charge on any atom is 0.355 e. The summed E-state index contributed by atoms with van der Waals surface area (Å²) in [6.45, 7) is 2.29. The van der Waals surface area contributed by atoms with Crippen molar-refractivity contribution < 1.29 is 9.13 Å². The zero-order valence-corrected chi connectivity index (χ0v) is 18.5. The number of fused-ring (bicyclic) bond motifs is 5. The third kappa shape index (κ3) is 3.32. The number of ether oxygens (including phenoxy) is 1. The molecule has 4 aromatic rings. The van der Waals surface area contributed by atoms with Gasteiger partial charge in [0.15, 0.2) is 5.65 Å². The third-order valence-corrected chi connectivity index (χ3v) is 5.99. The van der Waals surface area contributed by atoms with E-state index in [4.69, 9.17) is 27.9 Å². The largest absolute Gasteiger partial charge is 0.492 e. The van der Waals surface area contributed by atoms with Crippen LogP contribution >= 0.6 is 23.2 Å². The van der Waals surface area contributed by atoms with Gasteiger partial charge in [0.05, 0.1) is 39.7 Å². The van der Waals surface area contributed by atoms with Gasteiger partial charge in [-0.1, -0.05) is 42.6 Å². The summed E-state index contributed by atoms with van der Waals surface area (Å²) in [6, 6.07) is 7.94. The van der Waals surface area contributed by atoms with E-state index in [1.165, 1.54) is 10.6 Å². The lowest BCUT2D eigenvalue weighted by Gasteiger charge is -2.17. The summed E-state index contributed by atoms with van der Waals surface area (Å²) in [5.41, 5.74) is 2.11. The predicted molar refractivity (Wildman–Crippen MR) is 122 cm³/mol. The molecule has 0 saturated heterocycles. The monoisotopic (exact) mass is 470 g/mol. The van der Waals surface area contributed by atoms with Crippen molar-refractivity contribution in [2.24, 2.45) is 0 Å². The molecule has 9 heteroatoms. The number of rotatable bonds is 2. The molecule has 0 atom stereocenters. The molecule has 0 saturated carbocycles. The highest BCUT2D eigenvalue weighted by Gasteiger charge is 2.24. The molecule has 5 rings (SSSR count). The Hall–Kier alpha value is -3.03. The molecule has 3 aromatic heterocycles. The summed E-state index contributed by atoms with van der Waals surface area (Å²) in [6.07, 6.45) is 3.65. The number of nitrogens with zero attached hydrogens (tertiary/aromatic N) is 4. The maximum atomic E-state index is 14.9. The zero-order valence-electron chi connectivity index (χ0n) is 17.0. The quantitative estimate of drug-likeness (QED) is 0.377. The number of pyridine rings is 2. The van der Waals surface area contributed by atoms with Crippen LogP contribution in [0.1, 0.15) is 24.6 Å². The van der Waals surface area contributed by atoms with Crippen molar-refractivity contribution in [3.8, 4) is 22.7 Å². The van der Waals surface area contributed by atoms with Gasteiger partial charge >= 0.3 is 5.69 Å². The van der Waals surface area contributed by atoms with Crippen molar-refractivity contribution in [2.45, 2.75) is 26.2 Å². The molecule has 2 bridgehead atoms. The number of hydrogen-bond donors (Lipinski definition) is 0. The van der Waals surface area contributed by atoms with Crippen LogP contribution in [0.15, 0.2) is 41.3 Å². The highest BCUT2D eigenvalue weighted by Crippen LogP contribution is 2.39. The molecule has 0 N–H and O–H groups in total. The van der Waals surface area contributed by atoms with E-state index in [0.717, 1.165) is 17.7 Å². The van der Waals surface area contributed by atoms with Gasteiger partial charge in [0.2, 0.25) is 0 Å². The van der Waals surface area contributed by atoms with E-state index in [0.29, 0.717) is 29.7 Å². The number of aryl methyl sites for hydroxylation is 1. The van der Waals surface area contributed by atoms with E-state index >= 15 is 0 Å². The lowest BCUT2D eigenvalue weighted by molar-refractivity contribution is 0.321. The van der Waals surface area contributed by atoms with Gasteiger partial charge in [0, 0.05) is 12.6 Å². The minimum Gasteiger partial charge on any atom is -0.492 e. The van der Waals surface area contributed by atoms with Crippen molar-refractivity contribution in [2.75, 3.05) is 6.61 Å². The third-order valence-electron chi connectivity index (χ3n) is 5.41. The molecule has 162 valence electrons. The Bertz CT molecular complexity index is 1440. The second kappa shape index (κ2) is 8.15. The summed E-state index contributed by atoms with van der Waals surface area (Å²) in [7, 11) is 0. The van der Waals surface area contributed by atoms with Crippen molar-refractivity contribution in [1.29, 1.82) is 0 Å². The van der Waals surface area contributed by atoms with Crippen LogP contribution in [0, 0.1) is 5.82 Å². The Balaban J connectivity index is 1.97. The Morgan fingerprint density at radius 1 is 1.22 bits per heavy atom. The number of hydrogen-bond acceptors (Lipinski definition) is 5. The van der Waals surface area contributed by atoms with Gasteiger partial charge < -0.3 is 4.74 Å². The van der Waals surface area contributed by atoms with Crippen LogP contribution in [0.2, 0.25) is 10.2 Å². The molecule has 0 fully saturated rings. The number of benzene rings is 1. The second-order valence-corrected chi connectivity index (χ2v) is 8.20. The van der Waals surface area contributed by atoms with Crippen LogP contribution in [-0.4, -0.2) is 26.1 Å². The molecular weight excluding hydrogens is 454 g/mol. The molecule has 0 spiro atoms. The van der Waals surface area contributed by atoms with Crippen LogP contribution in [-0.2, 0) is 12.8 Å². The molecule has 1 aromatic carbocycles. The number of halogens is 3. The molecule has 32 heavy (non-hydrogen) atoms. The first-order valence-corrected chi connectivity index (χ1v) is 10.9. The summed E-state index contributed by atoms with van der Waals surface area (Å²) in [4.78, 5) is 26.3. The van der Waals surface area contributed by atoms with Gasteiger partial charge in [-0.25, -0.2) is 18.7 Å². The van der Waals surface area contributed by atoms with Gasteiger partial charge in [0.1, 0.15) is 16.7 Å². The van der Waals surface area contributed by atoms with Gasteiger partial charge in [0.25, 0.3) is 0 Å². The Kier molecular flexibility index (Phi) is 5.31. The van der Waals surface area contributed by atoms with Crippen molar-refractivity contribution in [3.05, 3.63) is 74.3 Å². The molecule has 0 radical (unpaired) electrons. The lowest BCUT2D eigenvalue weighted by atomic mass is 10.1. The SMILES string of the molecule is CCCc1nccc2c1-n1c(=O)nc(Cl)c3cc(Cl)c(nc31)-c1c(F)cccc1OCC2. The van der Waals surface area contributed by atoms with Crippen LogP contribution in [0.25, 0.3) is 28.0 Å². The lowest BCUT2D eigenvalue weighted by Crippen LogP contribution is -2.25. The van der Waals surface area contributed by atoms with E-state index in [2.05, 4.69) is 15.0 Å². The van der Waals surface area contributed by atoms with Crippen LogP contribution in [0.4, 0.5) is 4.39 Å². The normalized spacial score (nSPS) is 12.8. The molecule has 1 aliphatic rings. The van der Waals surface area contributed by atoms with Crippen molar-refractivity contribution >= 4 is 34.2 Å². The average molecular weight is 471 g/mol. The Morgan fingerprint density at radius 2 is 2.06 bits per heavy atom. The number of aromatic nitrogens is 4. The smallest absolute Gasteiger partial charge is 0.355 e. The van der Waals surface area contributed by atoms with Gasteiger partial charge in [-0.3, -0.25) is 4.98 Å². The summed E-state index contributed by atoms with van der Waals surface area (Å²) in [5.74, 6) is -0.213. The fourth-order valence-corrected chi connectivity index (χ4v) is 4.48. The van der Waals surface area contributed by atoms with E-state index in [1.807, 2.05) is 13.0 Å². The average Bonchev–Trinajstić information content (AvgIpc) is 2.78. The van der Waals surface area contributed by atoms with Gasteiger partial charge in [-0.05, 0) is 36.2 Å². The molecule has 1 aliphatic heterocycles. The Labute approximate surface area is 192 Å². The first-order chi connectivity index (χ1) is 15.5. The molecule has 4 heterocycles. The topological polar surface area (TPSA) is 69.9 Å². The first-order valence-electron chi connectivity index (χ1n) is 10.2. The van der Waals surface area contributed by atoms with E-state index in [-0.39, 0.29) is 33.7 Å². The molecular formula is C23H17Cl2FN4O2. The fraction of sp³-hybridized carbons (Fsp3) is 0.217. The second-order valence-electron chi connectivity index (χ2n) is 7.44. The molecule has 0 unspecified atom stereocenters. The van der Waals surface area contributed by atoms with Gasteiger partial charge in [-0.2, -0.15) is 4.98 Å². The highest BCUT2D eigenvalue weighted by atomic mass is 35.5. The van der Waals surface area contributed by atoms with Crippen molar-refractivity contribution in [3.63, 3.8) is 0 Å². The maximum absolute atomic E-state index is 14.9. The fourth-order valence-electron chi connectivity index (χ4n) is 4.03. The molecule has 6 nitrogen and oxygen atoms in total. The predicted octanol–water partition coefficient (Wildman–Crippen LogP) is 5.18. The van der Waals surface area contributed by atoms with Crippen LogP contribution in [0.5, 0.6) is 5.75 Å². The summed E-state index contributed by atoms with van der Waals surface area (Å²) in [5, 5.41) is 0.528. The molecule has 0 amide bonds. The molecule has 0 aliphatic carbocycles. The van der Waals surface area contributed by atoms with Crippen LogP contribution < -0.4 is 10.4 Å². The minimum absolute atomic E-state index is 0.0236. The standard InChI is InChI=1S/C23H17Cl2FN4O2/c1-2-4-16-20-12(7-9-27-16)8-10-32-17-6-3-5-15(26)18(17)19-14(24)11-13-21(25)29-23(31)30(20)22(13)28-19/h3,5-7,9,11H,2,4,8,10H2,1H3. The van der Waals surface area contributed by atoms with E-state index in [9.17, 15) is 9.18 Å². The summed E-state index contributed by atoms with van der Waals surface area (Å²) >= 11 is 12.8. The zero-order chi connectivity index (χ0) is 22.4. The van der Waals surface area contributed by atoms with Crippen LogP contribution in [0.3, 0.4) is 0 Å². The van der Waals surface area contributed by atoms with Gasteiger partial charge in [-0.15, -0.1) is 0 Å². The van der Waals surface area contributed by atoms with E-state index < -0.39 is 11.5 Å². The highest BCUT2D eigenvalue weighted by molar-refractivity contribution is 6.36. The first kappa shape index (κ1) is 20.8.